The molecular weight excluding hydrogens is 240 g/mol. The summed E-state index contributed by atoms with van der Waals surface area (Å²) in [4.78, 5) is 8.37. The van der Waals surface area contributed by atoms with Crippen molar-refractivity contribution in [3.63, 3.8) is 0 Å². The second-order valence-electron chi connectivity index (χ2n) is 5.69. The molecule has 0 amide bonds. The van der Waals surface area contributed by atoms with E-state index >= 15 is 0 Å². The predicted molar refractivity (Wildman–Crippen MR) is 76.9 cm³/mol. The zero-order chi connectivity index (χ0) is 13.8. The minimum absolute atomic E-state index is 0.287. The lowest BCUT2D eigenvalue weighted by Gasteiger charge is -2.20. The van der Waals surface area contributed by atoms with E-state index in [9.17, 15) is 5.11 Å². The fourth-order valence-corrected chi connectivity index (χ4v) is 2.97. The summed E-state index contributed by atoms with van der Waals surface area (Å²) in [7, 11) is 0. The van der Waals surface area contributed by atoms with Gasteiger partial charge in [0, 0.05) is 18.7 Å². The molecule has 1 fully saturated rings. The van der Waals surface area contributed by atoms with Crippen LogP contribution in [0.25, 0.3) is 0 Å². The van der Waals surface area contributed by atoms with Crippen LogP contribution in [0.15, 0.2) is 6.33 Å². The molecule has 2 unspecified atom stereocenters. The van der Waals surface area contributed by atoms with Gasteiger partial charge in [0.2, 0.25) is 0 Å². The van der Waals surface area contributed by atoms with E-state index in [1.165, 1.54) is 19.2 Å². The summed E-state index contributed by atoms with van der Waals surface area (Å²) in [6, 6.07) is 0. The Kier molecular flexibility index (Phi) is 4.58. The highest BCUT2D eigenvalue weighted by molar-refractivity contribution is 5.56. The number of nitrogens with two attached hydrogens (primary N) is 1. The fraction of sp³-hybridized carbons (Fsp3) is 0.714. The molecule has 1 saturated carbocycles. The van der Waals surface area contributed by atoms with Crippen molar-refractivity contribution in [3.8, 4) is 0 Å². The van der Waals surface area contributed by atoms with Gasteiger partial charge in [-0.15, -0.1) is 0 Å². The molecule has 5 heteroatoms. The van der Waals surface area contributed by atoms with Gasteiger partial charge < -0.3 is 16.2 Å². The largest absolute Gasteiger partial charge is 0.396 e. The van der Waals surface area contributed by atoms with Crippen molar-refractivity contribution in [1.82, 2.24) is 9.97 Å². The maximum atomic E-state index is 9.35. The highest BCUT2D eigenvalue weighted by Gasteiger charge is 2.26. The van der Waals surface area contributed by atoms with E-state index in [-0.39, 0.29) is 6.61 Å². The number of nitrogen functional groups attached to an aromatic ring is 1. The first-order valence-corrected chi connectivity index (χ1v) is 7.08. The Labute approximate surface area is 114 Å². The second-order valence-corrected chi connectivity index (χ2v) is 5.69. The normalized spacial score (nSPS) is 22.9. The summed E-state index contributed by atoms with van der Waals surface area (Å²) in [5.41, 5.74) is 6.92. The molecule has 0 bridgehead atoms. The van der Waals surface area contributed by atoms with Gasteiger partial charge in [0.15, 0.2) is 0 Å². The minimum Gasteiger partial charge on any atom is -0.396 e. The van der Waals surface area contributed by atoms with Crippen LogP contribution < -0.4 is 11.1 Å². The molecular formula is C14H24N4O. The van der Waals surface area contributed by atoms with Gasteiger partial charge in [-0.05, 0) is 30.6 Å². The van der Waals surface area contributed by atoms with Crippen LogP contribution in [0.1, 0.15) is 44.6 Å². The number of aliphatic hydroxyl groups is 1. The first kappa shape index (κ1) is 14.1. The summed E-state index contributed by atoms with van der Waals surface area (Å²) in [6.07, 6.45) is 5.02. The summed E-state index contributed by atoms with van der Waals surface area (Å²) in [5.74, 6) is 2.64. The summed E-state index contributed by atoms with van der Waals surface area (Å²) in [6.45, 7) is 5.31. The molecule has 2 atom stereocenters. The third-order valence-electron chi connectivity index (χ3n) is 4.07. The third kappa shape index (κ3) is 3.15. The SMILES string of the molecule is CC(C)c1c(N)ncnc1NCC1CCCC1CO. The topological polar surface area (TPSA) is 84.1 Å². The van der Waals surface area contributed by atoms with Crippen molar-refractivity contribution < 1.29 is 5.11 Å². The average molecular weight is 264 g/mol. The van der Waals surface area contributed by atoms with E-state index in [1.807, 2.05) is 0 Å². The first-order chi connectivity index (χ1) is 9.13. The number of hydrogen-bond donors (Lipinski definition) is 3. The molecule has 1 aromatic rings. The molecule has 106 valence electrons. The van der Waals surface area contributed by atoms with Gasteiger partial charge in [-0.2, -0.15) is 0 Å². The number of nitrogens with zero attached hydrogens (tertiary/aromatic N) is 2. The van der Waals surface area contributed by atoms with Crippen molar-refractivity contribution in [3.05, 3.63) is 11.9 Å². The van der Waals surface area contributed by atoms with E-state index in [4.69, 9.17) is 5.73 Å². The lowest BCUT2D eigenvalue weighted by Crippen LogP contribution is -2.22. The van der Waals surface area contributed by atoms with Crippen molar-refractivity contribution in [2.45, 2.75) is 39.0 Å². The Morgan fingerprint density at radius 3 is 2.79 bits per heavy atom. The van der Waals surface area contributed by atoms with Crippen LogP contribution >= 0.6 is 0 Å². The van der Waals surface area contributed by atoms with Crippen LogP contribution in [0.2, 0.25) is 0 Å². The quantitative estimate of drug-likeness (QED) is 0.757. The van der Waals surface area contributed by atoms with E-state index in [2.05, 4.69) is 29.1 Å². The number of anilines is 2. The van der Waals surface area contributed by atoms with E-state index in [1.54, 1.807) is 0 Å². The van der Waals surface area contributed by atoms with E-state index in [0.29, 0.717) is 23.6 Å². The minimum atomic E-state index is 0.287. The molecule has 1 aromatic heterocycles. The molecule has 0 aromatic carbocycles. The lowest BCUT2D eigenvalue weighted by atomic mass is 9.96. The van der Waals surface area contributed by atoms with Crippen LogP contribution in [-0.2, 0) is 0 Å². The molecule has 2 rings (SSSR count). The highest BCUT2D eigenvalue weighted by atomic mass is 16.3. The Morgan fingerprint density at radius 2 is 2.11 bits per heavy atom. The van der Waals surface area contributed by atoms with Gasteiger partial charge in [0.05, 0.1) is 0 Å². The number of nitrogens with one attached hydrogen (secondary N) is 1. The zero-order valence-electron chi connectivity index (χ0n) is 11.8. The van der Waals surface area contributed by atoms with Gasteiger partial charge in [-0.3, -0.25) is 0 Å². The van der Waals surface area contributed by atoms with Crippen molar-refractivity contribution in [2.75, 3.05) is 24.2 Å². The van der Waals surface area contributed by atoms with Crippen molar-refractivity contribution in [2.24, 2.45) is 11.8 Å². The molecule has 1 aliphatic carbocycles. The molecule has 0 saturated heterocycles. The van der Waals surface area contributed by atoms with Gasteiger partial charge in [0.1, 0.15) is 18.0 Å². The van der Waals surface area contributed by atoms with E-state index < -0.39 is 0 Å². The summed E-state index contributed by atoms with van der Waals surface area (Å²) >= 11 is 0. The summed E-state index contributed by atoms with van der Waals surface area (Å²) in [5, 5.41) is 12.7. The Balaban J connectivity index is 2.05. The van der Waals surface area contributed by atoms with Gasteiger partial charge in [-0.1, -0.05) is 20.3 Å². The number of hydrogen-bond acceptors (Lipinski definition) is 5. The number of aliphatic hydroxyl groups excluding tert-OH is 1. The first-order valence-electron chi connectivity index (χ1n) is 7.08. The molecule has 0 aliphatic heterocycles. The van der Waals surface area contributed by atoms with Gasteiger partial charge >= 0.3 is 0 Å². The van der Waals surface area contributed by atoms with E-state index in [0.717, 1.165) is 24.3 Å². The standard InChI is InChI=1S/C14H24N4O/c1-9(2)12-13(15)17-8-18-14(12)16-6-10-4-3-5-11(10)7-19/h8-11,19H,3-7H2,1-2H3,(H3,15,16,17,18). The third-order valence-corrected chi connectivity index (χ3v) is 4.07. The smallest absolute Gasteiger partial charge is 0.134 e. The number of rotatable bonds is 5. The van der Waals surface area contributed by atoms with Gasteiger partial charge in [0.25, 0.3) is 0 Å². The van der Waals surface area contributed by atoms with Crippen molar-refractivity contribution >= 4 is 11.6 Å². The van der Waals surface area contributed by atoms with Gasteiger partial charge in [-0.25, -0.2) is 9.97 Å². The molecule has 4 N–H and O–H groups in total. The maximum Gasteiger partial charge on any atom is 0.134 e. The zero-order valence-corrected chi connectivity index (χ0v) is 11.8. The Morgan fingerprint density at radius 1 is 1.37 bits per heavy atom. The van der Waals surface area contributed by atoms with Crippen LogP contribution in [0, 0.1) is 11.8 Å². The molecule has 0 radical (unpaired) electrons. The fourth-order valence-electron chi connectivity index (χ4n) is 2.97. The van der Waals surface area contributed by atoms with Crippen LogP contribution in [0.3, 0.4) is 0 Å². The Bertz CT molecular complexity index is 422. The number of aromatic nitrogens is 2. The average Bonchev–Trinajstić information content (AvgIpc) is 2.83. The monoisotopic (exact) mass is 264 g/mol. The predicted octanol–water partition coefficient (Wildman–Crippen LogP) is 2.00. The van der Waals surface area contributed by atoms with Crippen LogP contribution in [-0.4, -0.2) is 28.2 Å². The molecule has 1 heterocycles. The highest BCUT2D eigenvalue weighted by Crippen LogP contribution is 2.32. The molecule has 19 heavy (non-hydrogen) atoms. The maximum absolute atomic E-state index is 9.35. The van der Waals surface area contributed by atoms with Crippen LogP contribution in [0.4, 0.5) is 11.6 Å². The molecule has 1 aliphatic rings. The summed E-state index contributed by atoms with van der Waals surface area (Å²) < 4.78 is 0. The lowest BCUT2D eigenvalue weighted by molar-refractivity contribution is 0.199. The molecule has 0 spiro atoms. The second kappa shape index (κ2) is 6.19. The van der Waals surface area contributed by atoms with Crippen LogP contribution in [0.5, 0.6) is 0 Å². The van der Waals surface area contributed by atoms with Crippen molar-refractivity contribution in [1.29, 1.82) is 0 Å². The molecule has 5 nitrogen and oxygen atoms in total. The Hall–Kier alpha value is -1.36.